The first kappa shape index (κ1) is 15.7. The summed E-state index contributed by atoms with van der Waals surface area (Å²) in [5.41, 5.74) is 0.752. The Balaban J connectivity index is 0.00000225. The van der Waals surface area contributed by atoms with Crippen molar-refractivity contribution in [2.45, 2.75) is 6.42 Å². The molecule has 16 heavy (non-hydrogen) atoms. The molecule has 5 heteroatoms. The van der Waals surface area contributed by atoms with E-state index in [1.165, 1.54) is 0 Å². The number of benzene rings is 1. The summed E-state index contributed by atoms with van der Waals surface area (Å²) >= 11 is 2.17. The fraction of sp³-hybridized carbons (Fsp3) is 0.364. The molecule has 0 saturated heterocycles. The standard InChI is InChI=1S/C11H15IN2O.ClH/c1-13-7-4-8-14-11(15)9-5-2-3-6-10(9)12;/h2-3,5-6,13H,4,7-8H2,1H3,(H,14,15);1H. The quantitative estimate of drug-likeness (QED) is 0.628. The van der Waals surface area contributed by atoms with E-state index in [2.05, 4.69) is 33.2 Å². The van der Waals surface area contributed by atoms with Crippen LogP contribution in [0.4, 0.5) is 0 Å². The van der Waals surface area contributed by atoms with Crippen molar-refractivity contribution < 1.29 is 4.79 Å². The monoisotopic (exact) mass is 354 g/mol. The van der Waals surface area contributed by atoms with E-state index in [1.54, 1.807) is 0 Å². The minimum absolute atomic E-state index is 0. The van der Waals surface area contributed by atoms with Gasteiger partial charge in [-0.3, -0.25) is 4.79 Å². The summed E-state index contributed by atoms with van der Waals surface area (Å²) in [7, 11) is 1.90. The predicted molar refractivity (Wildman–Crippen MR) is 77.3 cm³/mol. The van der Waals surface area contributed by atoms with E-state index < -0.39 is 0 Å². The van der Waals surface area contributed by atoms with Crippen molar-refractivity contribution in [2.24, 2.45) is 0 Å². The summed E-state index contributed by atoms with van der Waals surface area (Å²) in [6, 6.07) is 7.59. The van der Waals surface area contributed by atoms with Crippen molar-refractivity contribution >= 4 is 40.9 Å². The molecular formula is C11H16ClIN2O. The summed E-state index contributed by atoms with van der Waals surface area (Å²) in [5.74, 6) is 0.0103. The van der Waals surface area contributed by atoms with Crippen LogP contribution in [0.2, 0.25) is 0 Å². The van der Waals surface area contributed by atoms with Crippen LogP contribution in [-0.2, 0) is 0 Å². The fourth-order valence-electron chi connectivity index (χ4n) is 1.21. The van der Waals surface area contributed by atoms with E-state index in [1.807, 2.05) is 31.3 Å². The molecule has 0 fully saturated rings. The third-order valence-corrected chi connectivity index (χ3v) is 2.95. The van der Waals surface area contributed by atoms with Gasteiger partial charge < -0.3 is 10.6 Å². The average molecular weight is 355 g/mol. The SMILES string of the molecule is CNCCCNC(=O)c1ccccc1I.Cl. The lowest BCUT2D eigenvalue weighted by molar-refractivity contribution is 0.0952. The smallest absolute Gasteiger partial charge is 0.252 e. The van der Waals surface area contributed by atoms with Crippen LogP contribution < -0.4 is 10.6 Å². The first-order valence-electron chi connectivity index (χ1n) is 4.93. The summed E-state index contributed by atoms with van der Waals surface area (Å²) in [6.07, 6.45) is 0.950. The van der Waals surface area contributed by atoms with Gasteiger partial charge in [0.2, 0.25) is 0 Å². The Morgan fingerprint density at radius 1 is 1.31 bits per heavy atom. The number of hydrogen-bond acceptors (Lipinski definition) is 2. The zero-order chi connectivity index (χ0) is 11.1. The third-order valence-electron chi connectivity index (χ3n) is 2.01. The topological polar surface area (TPSA) is 41.1 Å². The maximum atomic E-state index is 11.7. The Labute approximate surface area is 116 Å². The van der Waals surface area contributed by atoms with E-state index in [0.717, 1.165) is 22.1 Å². The van der Waals surface area contributed by atoms with E-state index in [0.29, 0.717) is 6.54 Å². The fourth-order valence-corrected chi connectivity index (χ4v) is 1.84. The van der Waals surface area contributed by atoms with Gasteiger partial charge in [-0.2, -0.15) is 0 Å². The molecule has 1 aromatic carbocycles. The van der Waals surface area contributed by atoms with Gasteiger partial charge in [0.05, 0.1) is 5.56 Å². The Kier molecular flexibility index (Phi) is 8.60. The van der Waals surface area contributed by atoms with Gasteiger partial charge in [-0.05, 0) is 54.7 Å². The maximum absolute atomic E-state index is 11.7. The summed E-state index contributed by atoms with van der Waals surface area (Å²) in [5, 5.41) is 5.93. The maximum Gasteiger partial charge on any atom is 0.252 e. The van der Waals surface area contributed by atoms with Crippen LogP contribution in [0.3, 0.4) is 0 Å². The van der Waals surface area contributed by atoms with Gasteiger partial charge in [0.1, 0.15) is 0 Å². The largest absolute Gasteiger partial charge is 0.352 e. The lowest BCUT2D eigenvalue weighted by Gasteiger charge is -2.06. The van der Waals surface area contributed by atoms with Crippen molar-refractivity contribution in [3.05, 3.63) is 33.4 Å². The number of rotatable bonds is 5. The van der Waals surface area contributed by atoms with Gasteiger partial charge in [0, 0.05) is 10.1 Å². The molecule has 0 atom stereocenters. The molecule has 3 nitrogen and oxygen atoms in total. The van der Waals surface area contributed by atoms with Crippen molar-refractivity contribution in [3.63, 3.8) is 0 Å². The zero-order valence-electron chi connectivity index (χ0n) is 9.13. The lowest BCUT2D eigenvalue weighted by atomic mass is 10.2. The Hall–Kier alpha value is -0.330. The van der Waals surface area contributed by atoms with Gasteiger partial charge in [0.15, 0.2) is 0 Å². The molecule has 0 aromatic heterocycles. The van der Waals surface area contributed by atoms with Gasteiger partial charge in [0.25, 0.3) is 5.91 Å². The minimum Gasteiger partial charge on any atom is -0.352 e. The number of amides is 1. The third kappa shape index (κ3) is 5.14. The van der Waals surface area contributed by atoms with Gasteiger partial charge >= 0.3 is 0 Å². The first-order valence-corrected chi connectivity index (χ1v) is 6.01. The molecule has 1 rings (SSSR count). The Morgan fingerprint density at radius 2 is 2.00 bits per heavy atom. The number of nitrogens with one attached hydrogen (secondary N) is 2. The second-order valence-electron chi connectivity index (χ2n) is 3.19. The highest BCUT2D eigenvalue weighted by atomic mass is 127. The van der Waals surface area contributed by atoms with Crippen LogP contribution in [0.15, 0.2) is 24.3 Å². The van der Waals surface area contributed by atoms with Gasteiger partial charge in [-0.25, -0.2) is 0 Å². The summed E-state index contributed by atoms with van der Waals surface area (Å²) < 4.78 is 0.987. The normalized spacial score (nSPS) is 9.38. The molecular weight excluding hydrogens is 338 g/mol. The summed E-state index contributed by atoms with van der Waals surface area (Å²) in [6.45, 7) is 1.64. The molecule has 90 valence electrons. The molecule has 2 N–H and O–H groups in total. The number of carbonyl (C=O) groups excluding carboxylic acids is 1. The highest BCUT2D eigenvalue weighted by Gasteiger charge is 2.07. The average Bonchev–Trinajstić information content (AvgIpc) is 2.25. The number of carbonyl (C=O) groups is 1. The Morgan fingerprint density at radius 3 is 2.62 bits per heavy atom. The number of hydrogen-bond donors (Lipinski definition) is 2. The molecule has 0 bridgehead atoms. The molecule has 0 heterocycles. The lowest BCUT2D eigenvalue weighted by Crippen LogP contribution is -2.27. The summed E-state index contributed by atoms with van der Waals surface area (Å²) in [4.78, 5) is 11.7. The molecule has 0 aliphatic heterocycles. The van der Waals surface area contributed by atoms with Crippen LogP contribution in [0.1, 0.15) is 16.8 Å². The van der Waals surface area contributed by atoms with Crippen LogP contribution in [-0.4, -0.2) is 26.0 Å². The van der Waals surface area contributed by atoms with Crippen LogP contribution in [0, 0.1) is 3.57 Å². The highest BCUT2D eigenvalue weighted by Crippen LogP contribution is 2.10. The van der Waals surface area contributed by atoms with Gasteiger partial charge in [-0.1, -0.05) is 12.1 Å². The molecule has 0 radical (unpaired) electrons. The second-order valence-corrected chi connectivity index (χ2v) is 4.36. The molecule has 0 spiro atoms. The van der Waals surface area contributed by atoms with Crippen molar-refractivity contribution in [1.29, 1.82) is 0 Å². The van der Waals surface area contributed by atoms with E-state index in [9.17, 15) is 4.79 Å². The van der Waals surface area contributed by atoms with E-state index in [-0.39, 0.29) is 18.3 Å². The van der Waals surface area contributed by atoms with Crippen LogP contribution in [0.25, 0.3) is 0 Å². The predicted octanol–water partition coefficient (Wildman–Crippen LogP) is 2.05. The van der Waals surface area contributed by atoms with Crippen molar-refractivity contribution in [1.82, 2.24) is 10.6 Å². The molecule has 1 aromatic rings. The molecule has 0 aliphatic carbocycles. The molecule has 1 amide bonds. The van der Waals surface area contributed by atoms with Gasteiger partial charge in [-0.15, -0.1) is 12.4 Å². The van der Waals surface area contributed by atoms with Crippen LogP contribution >= 0.6 is 35.0 Å². The van der Waals surface area contributed by atoms with E-state index in [4.69, 9.17) is 0 Å². The number of halogens is 2. The van der Waals surface area contributed by atoms with Crippen molar-refractivity contribution in [2.75, 3.05) is 20.1 Å². The zero-order valence-corrected chi connectivity index (χ0v) is 12.1. The molecule has 0 unspecified atom stereocenters. The van der Waals surface area contributed by atoms with Crippen LogP contribution in [0.5, 0.6) is 0 Å². The van der Waals surface area contributed by atoms with Crippen molar-refractivity contribution in [3.8, 4) is 0 Å². The van der Waals surface area contributed by atoms with E-state index >= 15 is 0 Å². The second kappa shape index (κ2) is 8.78. The molecule has 0 aliphatic rings. The molecule has 0 saturated carbocycles. The first-order chi connectivity index (χ1) is 7.25. The Bertz CT molecular complexity index is 334. The highest BCUT2D eigenvalue weighted by molar-refractivity contribution is 14.1. The minimum atomic E-state index is 0.